The Hall–Kier alpha value is -3.10. The molecule has 1 heterocycles. The van der Waals surface area contributed by atoms with E-state index in [4.69, 9.17) is 15.6 Å². The van der Waals surface area contributed by atoms with Gasteiger partial charge in [0.2, 0.25) is 0 Å². The Morgan fingerprint density at radius 2 is 1.63 bits per heavy atom. The molecule has 2 aromatic rings. The molecule has 0 radical (unpaired) electrons. The maximum absolute atomic E-state index is 13.1. The summed E-state index contributed by atoms with van der Waals surface area (Å²) in [6.45, 7) is 0.578. The van der Waals surface area contributed by atoms with E-state index < -0.39 is 18.2 Å². The molecule has 144 valence electrons. The van der Waals surface area contributed by atoms with Gasteiger partial charge >= 0.3 is 18.2 Å². The highest BCUT2D eigenvalue weighted by Crippen LogP contribution is 2.34. The van der Waals surface area contributed by atoms with Crippen LogP contribution in [0.4, 0.5) is 22.4 Å². The minimum Gasteiger partial charge on any atom is -0.475 e. The van der Waals surface area contributed by atoms with Crippen LogP contribution in [-0.2, 0) is 11.2 Å². The lowest BCUT2D eigenvalue weighted by Gasteiger charge is -2.36. The zero-order valence-electron chi connectivity index (χ0n) is 13.9. The summed E-state index contributed by atoms with van der Waals surface area (Å²) in [5, 5.41) is 7.12. The first kappa shape index (κ1) is 20.2. The molecule has 3 rings (SSSR count). The number of halogens is 4. The van der Waals surface area contributed by atoms with Gasteiger partial charge in [-0.25, -0.2) is 14.0 Å². The van der Waals surface area contributed by atoms with Crippen LogP contribution in [0, 0.1) is 5.82 Å². The van der Waals surface area contributed by atoms with Gasteiger partial charge in [0.1, 0.15) is 5.82 Å². The van der Waals surface area contributed by atoms with Crippen molar-refractivity contribution in [2.75, 3.05) is 6.54 Å². The molecular weight excluding hydrogens is 368 g/mol. The van der Waals surface area contributed by atoms with Crippen LogP contribution in [0.5, 0.6) is 0 Å². The number of alkyl halides is 3. The number of carboxylic acid groups (broad SMARTS) is 1. The summed E-state index contributed by atoms with van der Waals surface area (Å²) < 4.78 is 44.8. The predicted molar refractivity (Wildman–Crippen MR) is 88.4 cm³/mol. The van der Waals surface area contributed by atoms with E-state index in [2.05, 4.69) is 6.07 Å². The van der Waals surface area contributed by atoms with E-state index in [1.165, 1.54) is 17.7 Å². The molecule has 2 amide bonds. The van der Waals surface area contributed by atoms with Gasteiger partial charge in [0.25, 0.3) is 0 Å². The smallest absolute Gasteiger partial charge is 0.475 e. The number of carboxylic acids is 1. The Kier molecular flexibility index (Phi) is 6.04. The number of primary amides is 1. The largest absolute Gasteiger partial charge is 0.490 e. The fourth-order valence-electron chi connectivity index (χ4n) is 2.81. The molecule has 2 aromatic carbocycles. The number of amides is 2. The first-order valence-electron chi connectivity index (χ1n) is 7.80. The number of hydrogen-bond donors (Lipinski definition) is 2. The maximum Gasteiger partial charge on any atom is 0.490 e. The van der Waals surface area contributed by atoms with Gasteiger partial charge in [0.15, 0.2) is 0 Å². The van der Waals surface area contributed by atoms with E-state index in [9.17, 15) is 22.4 Å². The second kappa shape index (κ2) is 8.07. The van der Waals surface area contributed by atoms with Crippen molar-refractivity contribution in [3.63, 3.8) is 0 Å². The van der Waals surface area contributed by atoms with Crippen molar-refractivity contribution >= 4 is 12.0 Å². The lowest BCUT2D eigenvalue weighted by atomic mass is 9.88. The quantitative estimate of drug-likeness (QED) is 0.739. The van der Waals surface area contributed by atoms with Crippen LogP contribution < -0.4 is 5.73 Å². The highest BCUT2D eigenvalue weighted by molar-refractivity contribution is 5.74. The molecule has 0 unspecified atom stereocenters. The van der Waals surface area contributed by atoms with Crippen LogP contribution in [0.3, 0.4) is 0 Å². The minimum atomic E-state index is -5.08. The van der Waals surface area contributed by atoms with Gasteiger partial charge in [-0.15, -0.1) is 0 Å². The summed E-state index contributed by atoms with van der Waals surface area (Å²) in [4.78, 5) is 22.2. The summed E-state index contributed by atoms with van der Waals surface area (Å²) >= 11 is 0. The highest BCUT2D eigenvalue weighted by Gasteiger charge is 2.38. The molecule has 0 bridgehead atoms. The predicted octanol–water partition coefficient (Wildman–Crippen LogP) is 3.49. The maximum atomic E-state index is 13.1. The second-order valence-electron chi connectivity index (χ2n) is 5.74. The van der Waals surface area contributed by atoms with Crippen molar-refractivity contribution in [1.82, 2.24) is 4.90 Å². The third kappa shape index (κ3) is 4.96. The molecule has 0 spiro atoms. The Balaban J connectivity index is 0.000000321. The van der Waals surface area contributed by atoms with Gasteiger partial charge in [-0.3, -0.25) is 0 Å². The monoisotopic (exact) mass is 384 g/mol. The van der Waals surface area contributed by atoms with Crippen molar-refractivity contribution < 1.29 is 32.3 Å². The molecule has 1 atom stereocenters. The number of fused-ring (bicyclic) bond motifs is 1. The fourth-order valence-corrected chi connectivity index (χ4v) is 2.81. The van der Waals surface area contributed by atoms with Crippen LogP contribution in [0.25, 0.3) is 0 Å². The number of urea groups is 1. The molecule has 27 heavy (non-hydrogen) atoms. The molecule has 1 aliphatic rings. The van der Waals surface area contributed by atoms with Crippen molar-refractivity contribution in [3.8, 4) is 0 Å². The molecule has 0 aliphatic carbocycles. The number of rotatable bonds is 1. The van der Waals surface area contributed by atoms with E-state index in [-0.39, 0.29) is 11.9 Å². The van der Waals surface area contributed by atoms with E-state index in [1.807, 2.05) is 18.2 Å². The van der Waals surface area contributed by atoms with Gasteiger partial charge in [0, 0.05) is 6.54 Å². The van der Waals surface area contributed by atoms with Crippen LogP contribution in [0.1, 0.15) is 22.7 Å². The lowest BCUT2D eigenvalue weighted by molar-refractivity contribution is -0.192. The zero-order chi connectivity index (χ0) is 20.2. The molecule has 9 heteroatoms. The standard InChI is InChI=1S/C16H15FN2O.C2HF3O2/c17-13-7-5-12(6-8-13)15-14-4-2-1-3-11(14)9-10-19(15)16(18)20;3-2(4,5)1(6)7/h1-8,15H,9-10H2,(H2,18,20);(H,6,7)/t15-;/m0./s1. The second-order valence-corrected chi connectivity index (χ2v) is 5.74. The van der Waals surface area contributed by atoms with Crippen molar-refractivity contribution in [1.29, 1.82) is 0 Å². The Morgan fingerprint density at radius 1 is 1.07 bits per heavy atom. The normalized spacial score (nSPS) is 16.0. The first-order chi connectivity index (χ1) is 12.6. The van der Waals surface area contributed by atoms with Crippen LogP contribution in [0.15, 0.2) is 48.5 Å². The van der Waals surface area contributed by atoms with E-state index >= 15 is 0 Å². The van der Waals surface area contributed by atoms with Crippen molar-refractivity contribution in [2.24, 2.45) is 5.73 Å². The number of carbonyl (C=O) groups excluding carboxylic acids is 1. The summed E-state index contributed by atoms with van der Waals surface area (Å²) in [6.07, 6.45) is -4.29. The molecule has 1 aliphatic heterocycles. The van der Waals surface area contributed by atoms with Crippen LogP contribution in [-0.4, -0.2) is 34.7 Å². The third-order valence-electron chi connectivity index (χ3n) is 3.99. The number of hydrogen-bond acceptors (Lipinski definition) is 2. The lowest BCUT2D eigenvalue weighted by Crippen LogP contribution is -2.43. The SMILES string of the molecule is NC(=O)N1CCc2ccccc2[C@@H]1c1ccc(F)cc1.O=C(O)C(F)(F)F. The van der Waals surface area contributed by atoms with Gasteiger partial charge in [0.05, 0.1) is 6.04 Å². The minimum absolute atomic E-state index is 0.238. The molecule has 0 saturated carbocycles. The van der Waals surface area contributed by atoms with Gasteiger partial charge < -0.3 is 15.7 Å². The summed E-state index contributed by atoms with van der Waals surface area (Å²) in [6, 6.07) is 13.5. The topological polar surface area (TPSA) is 83.6 Å². The fraction of sp³-hybridized carbons (Fsp3) is 0.222. The average Bonchev–Trinajstić information content (AvgIpc) is 2.61. The first-order valence-corrected chi connectivity index (χ1v) is 7.80. The Morgan fingerprint density at radius 3 is 2.15 bits per heavy atom. The molecule has 0 saturated heterocycles. The van der Waals surface area contributed by atoms with Gasteiger partial charge in [-0.2, -0.15) is 13.2 Å². The van der Waals surface area contributed by atoms with Crippen LogP contribution in [0.2, 0.25) is 0 Å². The third-order valence-corrected chi connectivity index (χ3v) is 3.99. The average molecular weight is 384 g/mol. The van der Waals surface area contributed by atoms with Crippen molar-refractivity contribution in [2.45, 2.75) is 18.6 Å². The van der Waals surface area contributed by atoms with E-state index in [0.717, 1.165) is 17.5 Å². The number of benzene rings is 2. The molecular formula is C18H16F4N2O3. The van der Waals surface area contributed by atoms with Crippen LogP contribution >= 0.6 is 0 Å². The summed E-state index contributed by atoms with van der Waals surface area (Å²) in [7, 11) is 0. The van der Waals surface area contributed by atoms with E-state index in [1.54, 1.807) is 17.0 Å². The summed E-state index contributed by atoms with van der Waals surface area (Å²) in [5.41, 5.74) is 8.63. The van der Waals surface area contributed by atoms with Crippen molar-refractivity contribution in [3.05, 3.63) is 71.0 Å². The summed E-state index contributed by atoms with van der Waals surface area (Å²) in [5.74, 6) is -3.05. The molecule has 3 N–H and O–H groups in total. The number of nitrogens with zero attached hydrogens (tertiary/aromatic N) is 1. The van der Waals surface area contributed by atoms with Gasteiger partial charge in [-0.1, -0.05) is 36.4 Å². The number of nitrogens with two attached hydrogens (primary N) is 1. The number of aliphatic carboxylic acids is 1. The Bertz CT molecular complexity index is 822. The number of carbonyl (C=O) groups is 2. The van der Waals surface area contributed by atoms with E-state index in [0.29, 0.717) is 6.54 Å². The zero-order valence-corrected chi connectivity index (χ0v) is 13.9. The molecule has 0 aromatic heterocycles. The molecule has 0 fully saturated rings. The Labute approximate surface area is 152 Å². The molecule has 5 nitrogen and oxygen atoms in total. The highest BCUT2D eigenvalue weighted by atomic mass is 19.4. The van der Waals surface area contributed by atoms with Gasteiger partial charge in [-0.05, 0) is 35.2 Å².